The number of hydrogen-bond donors (Lipinski definition) is 0. The third-order valence-electron chi connectivity index (χ3n) is 4.22. The Balaban J connectivity index is 1.75. The zero-order valence-corrected chi connectivity index (χ0v) is 13.1. The second kappa shape index (κ2) is 6.07. The Bertz CT molecular complexity index is 709. The summed E-state index contributed by atoms with van der Waals surface area (Å²) in [5.74, 6) is 0. The number of rotatable bonds is 2. The molecule has 112 valence electrons. The highest BCUT2D eigenvalue weighted by Gasteiger charge is 2.20. The molecule has 2 heterocycles. The highest BCUT2D eigenvalue weighted by Crippen LogP contribution is 2.25. The van der Waals surface area contributed by atoms with Gasteiger partial charge in [-0.3, -0.25) is 0 Å². The minimum atomic E-state index is 0.516. The van der Waals surface area contributed by atoms with E-state index in [1.54, 1.807) is 6.20 Å². The van der Waals surface area contributed by atoms with Crippen LogP contribution < -0.4 is 9.80 Å². The maximum atomic E-state index is 9.20. The number of piperazine rings is 1. The van der Waals surface area contributed by atoms with Gasteiger partial charge in [0.15, 0.2) is 5.69 Å². The molecule has 0 radical (unpaired) electrons. The Morgan fingerprint density at radius 3 is 2.36 bits per heavy atom. The lowest BCUT2D eigenvalue weighted by molar-refractivity contribution is 0.651. The predicted molar refractivity (Wildman–Crippen MR) is 89.3 cm³/mol. The fourth-order valence-electron chi connectivity index (χ4n) is 2.99. The van der Waals surface area contributed by atoms with Crippen LogP contribution in [0.15, 0.2) is 36.5 Å². The van der Waals surface area contributed by atoms with Crippen molar-refractivity contribution in [3.05, 3.63) is 53.3 Å². The lowest BCUT2D eigenvalue weighted by atomic mass is 10.1. The summed E-state index contributed by atoms with van der Waals surface area (Å²) in [4.78, 5) is 8.85. The van der Waals surface area contributed by atoms with E-state index in [-0.39, 0.29) is 0 Å². The van der Waals surface area contributed by atoms with Crippen LogP contribution in [0.2, 0.25) is 0 Å². The fraction of sp³-hybridized carbons (Fsp3) is 0.333. The van der Waals surface area contributed by atoms with E-state index < -0.39 is 0 Å². The topological polar surface area (TPSA) is 43.2 Å². The first-order valence-electron chi connectivity index (χ1n) is 7.61. The van der Waals surface area contributed by atoms with E-state index in [1.165, 1.54) is 16.8 Å². The van der Waals surface area contributed by atoms with Gasteiger partial charge in [0.25, 0.3) is 0 Å². The third kappa shape index (κ3) is 2.75. The number of nitriles is 1. The Kier molecular flexibility index (Phi) is 3.97. The van der Waals surface area contributed by atoms with Crippen molar-refractivity contribution in [2.45, 2.75) is 13.8 Å². The number of anilines is 2. The lowest BCUT2D eigenvalue weighted by Crippen LogP contribution is -2.47. The molecule has 4 heteroatoms. The van der Waals surface area contributed by atoms with Crippen LogP contribution in [0.4, 0.5) is 11.4 Å². The summed E-state index contributed by atoms with van der Waals surface area (Å²) in [5.41, 5.74) is 5.40. The molecule has 1 aromatic heterocycles. The summed E-state index contributed by atoms with van der Waals surface area (Å²) >= 11 is 0. The minimum absolute atomic E-state index is 0.516. The molecule has 4 nitrogen and oxygen atoms in total. The normalized spacial score (nSPS) is 14.8. The molecule has 0 aliphatic carbocycles. The molecule has 0 atom stereocenters. The smallest absolute Gasteiger partial charge is 0.163 e. The average Bonchev–Trinajstić information content (AvgIpc) is 2.57. The van der Waals surface area contributed by atoms with Gasteiger partial charge in [0, 0.05) is 38.1 Å². The molecule has 3 rings (SSSR count). The number of pyridine rings is 1. The van der Waals surface area contributed by atoms with E-state index in [2.05, 4.69) is 52.9 Å². The van der Waals surface area contributed by atoms with E-state index in [1.807, 2.05) is 12.1 Å². The molecule has 0 spiro atoms. The second-order valence-electron chi connectivity index (χ2n) is 5.75. The third-order valence-corrected chi connectivity index (χ3v) is 4.22. The molecule has 1 fully saturated rings. The average molecular weight is 292 g/mol. The highest BCUT2D eigenvalue weighted by atomic mass is 15.3. The number of hydrogen-bond acceptors (Lipinski definition) is 4. The van der Waals surface area contributed by atoms with Crippen LogP contribution >= 0.6 is 0 Å². The lowest BCUT2D eigenvalue weighted by Gasteiger charge is -2.38. The van der Waals surface area contributed by atoms with Crippen molar-refractivity contribution < 1.29 is 0 Å². The standard InChI is InChI=1S/C18H20N4/c1-14-5-6-15(2)18(12-14)22-10-8-21(9-11-22)17-4-3-7-20-16(17)13-19/h3-7,12H,8-11H2,1-2H3. The van der Waals surface area contributed by atoms with Crippen molar-refractivity contribution >= 4 is 11.4 Å². The van der Waals surface area contributed by atoms with Crippen molar-refractivity contribution in [2.24, 2.45) is 0 Å². The maximum absolute atomic E-state index is 9.20. The van der Waals surface area contributed by atoms with Crippen LogP contribution in [0.25, 0.3) is 0 Å². The molecule has 1 aromatic carbocycles. The van der Waals surface area contributed by atoms with Crippen molar-refractivity contribution in [2.75, 3.05) is 36.0 Å². The molecule has 22 heavy (non-hydrogen) atoms. The summed E-state index contributed by atoms with van der Waals surface area (Å²) in [6.07, 6.45) is 1.68. The Labute approximate surface area is 131 Å². The van der Waals surface area contributed by atoms with Gasteiger partial charge >= 0.3 is 0 Å². The summed E-state index contributed by atoms with van der Waals surface area (Å²) in [6.45, 7) is 8.04. The number of aryl methyl sites for hydroxylation is 2. The molecule has 0 unspecified atom stereocenters. The molecule has 2 aromatic rings. The molecule has 1 saturated heterocycles. The first-order valence-corrected chi connectivity index (χ1v) is 7.61. The highest BCUT2D eigenvalue weighted by molar-refractivity contribution is 5.59. The first-order chi connectivity index (χ1) is 10.7. The van der Waals surface area contributed by atoms with Gasteiger partial charge in [-0.15, -0.1) is 0 Å². The second-order valence-corrected chi connectivity index (χ2v) is 5.75. The van der Waals surface area contributed by atoms with Gasteiger partial charge in [-0.1, -0.05) is 12.1 Å². The molecular weight excluding hydrogens is 272 g/mol. The molecule has 0 bridgehead atoms. The zero-order chi connectivity index (χ0) is 15.5. The van der Waals surface area contributed by atoms with Crippen LogP contribution in [-0.2, 0) is 0 Å². The van der Waals surface area contributed by atoms with Crippen LogP contribution in [0.3, 0.4) is 0 Å². The van der Waals surface area contributed by atoms with Crippen LogP contribution in [0, 0.1) is 25.2 Å². The van der Waals surface area contributed by atoms with Gasteiger partial charge < -0.3 is 9.80 Å². The number of nitrogens with zero attached hydrogens (tertiary/aromatic N) is 4. The molecule has 0 amide bonds. The largest absolute Gasteiger partial charge is 0.368 e. The van der Waals surface area contributed by atoms with Crippen LogP contribution in [-0.4, -0.2) is 31.2 Å². The van der Waals surface area contributed by atoms with Gasteiger partial charge in [0.1, 0.15) is 6.07 Å². The van der Waals surface area contributed by atoms with Gasteiger partial charge in [0.2, 0.25) is 0 Å². The molecular formula is C18H20N4. The van der Waals surface area contributed by atoms with Crippen molar-refractivity contribution in [1.82, 2.24) is 4.98 Å². The summed E-state index contributed by atoms with van der Waals surface area (Å²) < 4.78 is 0. The van der Waals surface area contributed by atoms with E-state index in [4.69, 9.17) is 0 Å². The Morgan fingerprint density at radius 2 is 1.68 bits per heavy atom. The predicted octanol–water partition coefficient (Wildman–Crippen LogP) is 2.90. The monoisotopic (exact) mass is 292 g/mol. The Hall–Kier alpha value is -2.54. The van der Waals surface area contributed by atoms with Gasteiger partial charge in [0.05, 0.1) is 5.69 Å². The van der Waals surface area contributed by atoms with Crippen molar-refractivity contribution in [3.63, 3.8) is 0 Å². The van der Waals surface area contributed by atoms with Crippen LogP contribution in [0.5, 0.6) is 0 Å². The fourth-order valence-corrected chi connectivity index (χ4v) is 2.99. The van der Waals surface area contributed by atoms with E-state index >= 15 is 0 Å². The van der Waals surface area contributed by atoms with E-state index in [9.17, 15) is 5.26 Å². The van der Waals surface area contributed by atoms with E-state index in [0.29, 0.717) is 5.69 Å². The number of benzene rings is 1. The summed E-state index contributed by atoms with van der Waals surface area (Å²) in [5, 5.41) is 9.20. The van der Waals surface area contributed by atoms with Gasteiger partial charge in [-0.2, -0.15) is 5.26 Å². The molecule has 0 N–H and O–H groups in total. The first kappa shape index (κ1) is 14.4. The SMILES string of the molecule is Cc1ccc(C)c(N2CCN(c3cccnc3C#N)CC2)c1. The molecule has 1 aliphatic heterocycles. The van der Waals surface area contributed by atoms with Gasteiger partial charge in [-0.05, 0) is 43.2 Å². The molecule has 0 saturated carbocycles. The van der Waals surface area contributed by atoms with Crippen LogP contribution in [0.1, 0.15) is 16.8 Å². The summed E-state index contributed by atoms with van der Waals surface area (Å²) in [6, 6.07) is 12.7. The van der Waals surface area contributed by atoms with Crippen molar-refractivity contribution in [3.8, 4) is 6.07 Å². The summed E-state index contributed by atoms with van der Waals surface area (Å²) in [7, 11) is 0. The quantitative estimate of drug-likeness (QED) is 0.853. The minimum Gasteiger partial charge on any atom is -0.368 e. The van der Waals surface area contributed by atoms with Gasteiger partial charge in [-0.25, -0.2) is 4.98 Å². The maximum Gasteiger partial charge on any atom is 0.163 e. The zero-order valence-electron chi connectivity index (χ0n) is 13.1. The Morgan fingerprint density at radius 1 is 1.00 bits per heavy atom. The van der Waals surface area contributed by atoms with E-state index in [0.717, 1.165) is 31.9 Å². The van der Waals surface area contributed by atoms with Crippen molar-refractivity contribution in [1.29, 1.82) is 5.26 Å². The molecule has 1 aliphatic rings. The number of aromatic nitrogens is 1.